The molecule has 2 aromatic rings. The lowest BCUT2D eigenvalue weighted by Crippen LogP contribution is -2.25. The van der Waals surface area contributed by atoms with E-state index in [0.29, 0.717) is 5.02 Å². The molecule has 0 aliphatic heterocycles. The van der Waals surface area contributed by atoms with Crippen molar-refractivity contribution in [3.05, 3.63) is 64.4 Å². The Kier molecular flexibility index (Phi) is 5.56. The van der Waals surface area contributed by atoms with E-state index in [-0.39, 0.29) is 5.56 Å². The predicted octanol–water partition coefficient (Wildman–Crippen LogP) is 2.55. The van der Waals surface area contributed by atoms with Gasteiger partial charge < -0.3 is 4.74 Å². The molecule has 6 nitrogen and oxygen atoms in total. The Morgan fingerprint density at radius 3 is 2.32 bits per heavy atom. The summed E-state index contributed by atoms with van der Waals surface area (Å²) in [6.45, 7) is 1.32. The number of halogens is 2. The number of ether oxygens (including phenoxy) is 1. The van der Waals surface area contributed by atoms with Gasteiger partial charge in [-0.25, -0.2) is 22.7 Å². The molecule has 0 aliphatic carbocycles. The number of hydrogen-bond donors (Lipinski definition) is 1. The zero-order valence-electron chi connectivity index (χ0n) is 12.9. The first-order valence-corrected chi connectivity index (χ1v) is 8.85. The molecular weight excluding hydrogens is 373 g/mol. The van der Waals surface area contributed by atoms with E-state index in [4.69, 9.17) is 21.5 Å². The maximum absolute atomic E-state index is 13.8. The fraction of sp³-hybridized carbons (Fsp3) is 0.125. The van der Waals surface area contributed by atoms with Crippen LogP contribution in [0, 0.1) is 5.82 Å². The summed E-state index contributed by atoms with van der Waals surface area (Å²) >= 11 is 5.73. The second-order valence-corrected chi connectivity index (χ2v) is 7.10. The molecule has 0 amide bonds. The van der Waals surface area contributed by atoms with Crippen LogP contribution in [0.15, 0.2) is 47.4 Å². The van der Waals surface area contributed by atoms with Crippen molar-refractivity contribution in [3.8, 4) is 0 Å². The number of hydrogen-bond acceptors (Lipinski definition) is 5. The minimum atomic E-state index is -4.12. The van der Waals surface area contributed by atoms with E-state index in [1.807, 2.05) is 0 Å². The molecule has 0 saturated heterocycles. The second kappa shape index (κ2) is 7.30. The van der Waals surface area contributed by atoms with E-state index >= 15 is 0 Å². The van der Waals surface area contributed by atoms with Gasteiger partial charge in [-0.1, -0.05) is 11.6 Å². The van der Waals surface area contributed by atoms with Crippen molar-refractivity contribution < 1.29 is 27.1 Å². The van der Waals surface area contributed by atoms with Crippen LogP contribution in [0.5, 0.6) is 0 Å². The highest BCUT2D eigenvalue weighted by molar-refractivity contribution is 7.89. The normalized spacial score (nSPS) is 12.5. The number of esters is 1. The van der Waals surface area contributed by atoms with Crippen molar-refractivity contribution in [1.82, 2.24) is 0 Å². The molecule has 0 fully saturated rings. The number of ketones is 1. The van der Waals surface area contributed by atoms with Crippen LogP contribution in [0.2, 0.25) is 5.02 Å². The molecule has 25 heavy (non-hydrogen) atoms. The van der Waals surface area contributed by atoms with Crippen molar-refractivity contribution in [2.24, 2.45) is 5.14 Å². The number of rotatable bonds is 5. The summed E-state index contributed by atoms with van der Waals surface area (Å²) in [7, 11) is -4.12. The van der Waals surface area contributed by atoms with E-state index in [1.54, 1.807) is 0 Å². The summed E-state index contributed by atoms with van der Waals surface area (Å²) in [6.07, 6.45) is -1.22. The fourth-order valence-electron chi connectivity index (χ4n) is 1.96. The van der Waals surface area contributed by atoms with Crippen molar-refractivity contribution in [2.75, 3.05) is 0 Å². The van der Waals surface area contributed by atoms with Gasteiger partial charge >= 0.3 is 5.97 Å². The summed E-state index contributed by atoms with van der Waals surface area (Å²) in [5.41, 5.74) is -0.384. The van der Waals surface area contributed by atoms with Crippen LogP contribution in [-0.2, 0) is 14.8 Å². The molecule has 2 N–H and O–H groups in total. The van der Waals surface area contributed by atoms with Crippen LogP contribution in [0.4, 0.5) is 4.39 Å². The smallest absolute Gasteiger partial charge is 0.341 e. The summed E-state index contributed by atoms with van der Waals surface area (Å²) < 4.78 is 41.3. The van der Waals surface area contributed by atoms with E-state index < -0.39 is 44.2 Å². The van der Waals surface area contributed by atoms with Gasteiger partial charge in [0.2, 0.25) is 15.8 Å². The standard InChI is InChI=1S/C16H13ClFNO5S/c1-9(15(20)10-2-4-11(17)5-3-10)24-16(21)13-8-12(25(19,22)23)6-7-14(13)18/h2-9H,1H3,(H2,19,22,23). The molecule has 1 unspecified atom stereocenters. The Bertz CT molecular complexity index is 928. The van der Waals surface area contributed by atoms with Crippen LogP contribution < -0.4 is 5.14 Å². The molecular formula is C16H13ClFNO5S. The lowest BCUT2D eigenvalue weighted by molar-refractivity contribution is 0.0314. The first-order valence-electron chi connectivity index (χ1n) is 6.92. The van der Waals surface area contributed by atoms with Gasteiger partial charge in [-0.05, 0) is 49.4 Å². The van der Waals surface area contributed by atoms with Gasteiger partial charge in [-0.15, -0.1) is 0 Å². The van der Waals surface area contributed by atoms with E-state index in [9.17, 15) is 22.4 Å². The Morgan fingerprint density at radius 1 is 1.16 bits per heavy atom. The third-order valence-electron chi connectivity index (χ3n) is 3.27. The average Bonchev–Trinajstić information content (AvgIpc) is 2.54. The topological polar surface area (TPSA) is 104 Å². The number of Topliss-reactive ketones (excluding diaryl/α,β-unsaturated/α-hetero) is 1. The largest absolute Gasteiger partial charge is 0.451 e. The third kappa shape index (κ3) is 4.62. The zero-order chi connectivity index (χ0) is 18.8. The molecule has 1 atom stereocenters. The van der Waals surface area contributed by atoms with Crippen LogP contribution in [-0.4, -0.2) is 26.3 Å². The molecule has 0 heterocycles. The number of sulfonamides is 1. The number of nitrogens with two attached hydrogens (primary N) is 1. The zero-order valence-corrected chi connectivity index (χ0v) is 14.5. The molecule has 2 aromatic carbocycles. The van der Waals surface area contributed by atoms with Crippen molar-refractivity contribution >= 4 is 33.4 Å². The fourth-order valence-corrected chi connectivity index (χ4v) is 2.63. The van der Waals surface area contributed by atoms with Gasteiger partial charge in [0.25, 0.3) is 0 Å². The van der Waals surface area contributed by atoms with E-state index in [1.165, 1.54) is 31.2 Å². The Balaban J connectivity index is 2.21. The van der Waals surface area contributed by atoms with E-state index in [0.717, 1.165) is 18.2 Å². The Hall–Kier alpha value is -2.29. The molecule has 2 rings (SSSR count). The summed E-state index contributed by atoms with van der Waals surface area (Å²) in [4.78, 5) is 23.8. The van der Waals surface area contributed by atoms with Crippen molar-refractivity contribution in [2.45, 2.75) is 17.9 Å². The van der Waals surface area contributed by atoms with Gasteiger partial charge in [0.05, 0.1) is 10.5 Å². The molecule has 0 aromatic heterocycles. The van der Waals surface area contributed by atoms with Gasteiger partial charge in [0.15, 0.2) is 6.10 Å². The van der Waals surface area contributed by atoms with Crippen LogP contribution in [0.25, 0.3) is 0 Å². The number of benzene rings is 2. The minimum Gasteiger partial charge on any atom is -0.451 e. The number of carbonyl (C=O) groups is 2. The lowest BCUT2D eigenvalue weighted by atomic mass is 10.1. The van der Waals surface area contributed by atoms with Gasteiger partial charge in [0, 0.05) is 10.6 Å². The van der Waals surface area contributed by atoms with Crippen molar-refractivity contribution in [1.29, 1.82) is 0 Å². The molecule has 0 saturated carbocycles. The Labute approximate surface area is 148 Å². The van der Waals surface area contributed by atoms with Gasteiger partial charge in [-0.2, -0.15) is 0 Å². The van der Waals surface area contributed by atoms with Gasteiger partial charge in [0.1, 0.15) is 5.82 Å². The van der Waals surface area contributed by atoms with Crippen LogP contribution in [0.3, 0.4) is 0 Å². The molecule has 0 radical (unpaired) electrons. The van der Waals surface area contributed by atoms with Crippen LogP contribution in [0.1, 0.15) is 27.6 Å². The molecule has 132 valence electrons. The summed E-state index contributed by atoms with van der Waals surface area (Å²) in [5, 5.41) is 5.38. The first-order chi connectivity index (χ1) is 11.6. The quantitative estimate of drug-likeness (QED) is 0.629. The molecule has 0 aliphatic rings. The predicted molar refractivity (Wildman–Crippen MR) is 88.4 cm³/mol. The highest BCUT2D eigenvalue weighted by Crippen LogP contribution is 2.17. The summed E-state index contributed by atoms with van der Waals surface area (Å²) in [6, 6.07) is 8.36. The third-order valence-corrected chi connectivity index (χ3v) is 4.43. The van der Waals surface area contributed by atoms with E-state index in [2.05, 4.69) is 0 Å². The number of primary sulfonamides is 1. The maximum Gasteiger partial charge on any atom is 0.341 e. The highest BCUT2D eigenvalue weighted by atomic mass is 35.5. The lowest BCUT2D eigenvalue weighted by Gasteiger charge is -2.13. The maximum atomic E-state index is 13.8. The second-order valence-electron chi connectivity index (χ2n) is 5.11. The monoisotopic (exact) mass is 385 g/mol. The molecule has 0 bridgehead atoms. The highest BCUT2D eigenvalue weighted by Gasteiger charge is 2.23. The van der Waals surface area contributed by atoms with Crippen molar-refractivity contribution in [3.63, 3.8) is 0 Å². The molecule has 0 spiro atoms. The van der Waals surface area contributed by atoms with Crippen LogP contribution >= 0.6 is 11.6 Å². The summed E-state index contributed by atoms with van der Waals surface area (Å²) in [5.74, 6) is -2.70. The first kappa shape index (κ1) is 19.0. The number of carbonyl (C=O) groups excluding carboxylic acids is 2. The Morgan fingerprint density at radius 2 is 1.76 bits per heavy atom. The van der Waals surface area contributed by atoms with Gasteiger partial charge in [-0.3, -0.25) is 4.79 Å². The SMILES string of the molecule is CC(OC(=O)c1cc(S(N)(=O)=O)ccc1F)C(=O)c1ccc(Cl)cc1. The molecule has 9 heteroatoms. The average molecular weight is 386 g/mol. The minimum absolute atomic E-state index is 0.253.